The van der Waals surface area contributed by atoms with Gasteiger partial charge in [0.2, 0.25) is 0 Å². The second-order valence-electron chi connectivity index (χ2n) is 6.99. The lowest BCUT2D eigenvalue weighted by Gasteiger charge is -2.24. The molecule has 0 bridgehead atoms. The Morgan fingerprint density at radius 1 is 1.52 bits per heavy atom. The molecule has 0 radical (unpaired) electrons. The van der Waals surface area contributed by atoms with E-state index in [1.807, 2.05) is 0 Å². The van der Waals surface area contributed by atoms with Gasteiger partial charge in [-0.1, -0.05) is 9.51 Å². The molecule has 1 heterocycles. The van der Waals surface area contributed by atoms with Crippen molar-refractivity contribution in [1.82, 2.24) is 0 Å². The normalized spacial score (nSPS) is 21.3. The molecule has 2 rings (SSSR count). The number of benzene rings is 1. The Balaban J connectivity index is 2.45. The first-order valence-corrected chi connectivity index (χ1v) is 8.83. The zero-order valence-corrected chi connectivity index (χ0v) is 15.4. The number of nitrogens with zero attached hydrogens (tertiary/aromatic N) is 4. The molecule has 1 aromatic rings. The Kier molecular flexibility index (Phi) is 5.63. The van der Waals surface area contributed by atoms with Crippen LogP contribution < -0.4 is 4.74 Å². The predicted octanol–water partition coefficient (Wildman–Crippen LogP) is 3.07. The van der Waals surface area contributed by atoms with E-state index in [0.717, 1.165) is 0 Å². The second-order valence-corrected chi connectivity index (χ2v) is 8.89. The smallest absolute Gasteiger partial charge is 0.144 e. The number of rotatable bonds is 5. The molecule has 0 spiro atoms. The molecule has 0 saturated carbocycles. The van der Waals surface area contributed by atoms with E-state index in [-0.39, 0.29) is 19.6 Å². The lowest BCUT2D eigenvalue weighted by atomic mass is 9.97. The van der Waals surface area contributed by atoms with Crippen LogP contribution in [0.25, 0.3) is 10.4 Å². The molecule has 0 saturated heterocycles. The summed E-state index contributed by atoms with van der Waals surface area (Å²) in [4.78, 5) is 2.69. The van der Waals surface area contributed by atoms with Crippen LogP contribution in [-0.2, 0) is 17.8 Å². The number of fused-ring (bicyclic) bond motifs is 1. The minimum atomic E-state index is -1.50. The van der Waals surface area contributed by atoms with Gasteiger partial charge >= 0.3 is 0 Å². The summed E-state index contributed by atoms with van der Waals surface area (Å²) in [7, 11) is 0. The number of aliphatic hydroxyl groups excluding tert-OH is 1. The molecule has 1 N–H and O–H groups in total. The maximum Gasteiger partial charge on any atom is 0.144 e. The zero-order chi connectivity index (χ0) is 18.8. The van der Waals surface area contributed by atoms with Crippen molar-refractivity contribution in [3.05, 3.63) is 39.5 Å². The van der Waals surface area contributed by atoms with Crippen molar-refractivity contribution in [1.29, 1.82) is 0 Å². The molecule has 2 atom stereocenters. The minimum absolute atomic E-state index is 0.0835. The third kappa shape index (κ3) is 4.24. The highest BCUT2D eigenvalue weighted by Crippen LogP contribution is 2.39. The van der Waals surface area contributed by atoms with Crippen LogP contribution in [0, 0.1) is 5.82 Å². The lowest BCUT2D eigenvalue weighted by molar-refractivity contribution is 0.0358. The van der Waals surface area contributed by atoms with Crippen molar-refractivity contribution in [2.45, 2.75) is 44.5 Å². The SMILES string of the molecule is CC(=N[S@+]([O-])C(C)(C)C)c1cc(F)cc2c1O[C@@](CO)(CN=[N+]=[N-])C2. The van der Waals surface area contributed by atoms with E-state index in [1.165, 1.54) is 12.1 Å². The summed E-state index contributed by atoms with van der Waals surface area (Å²) in [5.41, 5.74) is 8.70. The molecule has 0 fully saturated rings. The zero-order valence-electron chi connectivity index (χ0n) is 14.6. The van der Waals surface area contributed by atoms with Crippen LogP contribution in [0.1, 0.15) is 38.8 Å². The van der Waals surface area contributed by atoms with Crippen LogP contribution in [-0.4, -0.2) is 38.9 Å². The number of aliphatic hydroxyl groups is 1. The highest BCUT2D eigenvalue weighted by Gasteiger charge is 2.40. The fraction of sp³-hybridized carbons (Fsp3) is 0.562. The molecular weight excluding hydrogens is 347 g/mol. The maximum absolute atomic E-state index is 14.0. The molecular formula is C16H21FN4O3S. The Morgan fingerprint density at radius 2 is 2.20 bits per heavy atom. The molecule has 9 heteroatoms. The maximum atomic E-state index is 14.0. The van der Waals surface area contributed by atoms with Crippen LogP contribution in [0.15, 0.2) is 21.6 Å². The quantitative estimate of drug-likeness (QED) is 0.283. The molecule has 1 aliphatic heterocycles. The first kappa shape index (κ1) is 19.5. The van der Waals surface area contributed by atoms with Gasteiger partial charge in [-0.15, -0.1) is 0 Å². The van der Waals surface area contributed by atoms with Gasteiger partial charge in [0.1, 0.15) is 33.3 Å². The van der Waals surface area contributed by atoms with Crippen molar-refractivity contribution in [3.8, 4) is 5.75 Å². The van der Waals surface area contributed by atoms with Gasteiger partial charge in [-0.2, -0.15) is 0 Å². The Labute approximate surface area is 148 Å². The summed E-state index contributed by atoms with van der Waals surface area (Å²) in [6.45, 7) is 6.55. The third-order valence-corrected chi connectivity index (χ3v) is 5.29. The number of hydrogen-bond acceptors (Lipinski definition) is 5. The Morgan fingerprint density at radius 3 is 2.76 bits per heavy atom. The molecule has 1 aliphatic rings. The van der Waals surface area contributed by atoms with Crippen molar-refractivity contribution in [3.63, 3.8) is 0 Å². The summed E-state index contributed by atoms with van der Waals surface area (Å²) in [5, 5.41) is 13.2. The van der Waals surface area contributed by atoms with Gasteiger partial charge in [0.15, 0.2) is 0 Å². The lowest BCUT2D eigenvalue weighted by Crippen LogP contribution is -2.41. The van der Waals surface area contributed by atoms with Gasteiger partial charge in [0.25, 0.3) is 0 Å². The van der Waals surface area contributed by atoms with Crippen LogP contribution in [0.2, 0.25) is 0 Å². The summed E-state index contributed by atoms with van der Waals surface area (Å²) < 4.78 is 35.8. The van der Waals surface area contributed by atoms with Crippen LogP contribution in [0.3, 0.4) is 0 Å². The van der Waals surface area contributed by atoms with Gasteiger partial charge in [-0.25, -0.2) is 4.39 Å². The van der Waals surface area contributed by atoms with E-state index < -0.39 is 27.5 Å². The molecule has 7 nitrogen and oxygen atoms in total. The molecule has 136 valence electrons. The van der Waals surface area contributed by atoms with Crippen LogP contribution in [0.4, 0.5) is 4.39 Å². The molecule has 25 heavy (non-hydrogen) atoms. The largest absolute Gasteiger partial charge is 0.591 e. The van der Waals surface area contributed by atoms with E-state index in [2.05, 4.69) is 14.4 Å². The Bertz CT molecular complexity index is 744. The average Bonchev–Trinajstić information content (AvgIpc) is 2.90. The molecule has 0 amide bonds. The summed E-state index contributed by atoms with van der Waals surface area (Å²) in [5.74, 6) is -0.110. The number of hydrogen-bond donors (Lipinski definition) is 1. The number of azide groups is 1. The van der Waals surface area contributed by atoms with E-state index in [0.29, 0.717) is 22.6 Å². The van der Waals surface area contributed by atoms with Crippen LogP contribution >= 0.6 is 0 Å². The Hall–Kier alpha value is -1.80. The summed E-state index contributed by atoms with van der Waals surface area (Å²) in [6.07, 6.45) is 0.207. The van der Waals surface area contributed by atoms with Gasteiger partial charge in [0, 0.05) is 22.5 Å². The van der Waals surface area contributed by atoms with E-state index in [1.54, 1.807) is 27.7 Å². The monoisotopic (exact) mass is 368 g/mol. The van der Waals surface area contributed by atoms with Gasteiger partial charge < -0.3 is 14.4 Å². The first-order valence-electron chi connectivity index (χ1n) is 7.73. The van der Waals surface area contributed by atoms with Gasteiger partial charge in [-0.05, 0) is 45.4 Å². The fourth-order valence-electron chi connectivity index (χ4n) is 2.47. The van der Waals surface area contributed by atoms with Crippen molar-refractivity contribution in [2.24, 2.45) is 9.51 Å². The highest BCUT2D eigenvalue weighted by atomic mass is 32.2. The van der Waals surface area contributed by atoms with E-state index in [9.17, 15) is 14.0 Å². The van der Waals surface area contributed by atoms with E-state index in [4.69, 9.17) is 10.3 Å². The summed E-state index contributed by atoms with van der Waals surface area (Å²) >= 11 is -1.50. The molecule has 0 aliphatic carbocycles. The van der Waals surface area contributed by atoms with E-state index >= 15 is 0 Å². The van der Waals surface area contributed by atoms with Crippen molar-refractivity contribution >= 4 is 17.1 Å². The molecule has 0 aromatic heterocycles. The number of ether oxygens (including phenoxy) is 1. The standard InChI is InChI=1S/C16H21FN4O3S/c1-10(20-25(23)15(2,3)4)13-6-12(17)5-11-7-16(9-22,8-19-21-18)24-14(11)13/h5-6,22H,7-9H2,1-4H3/t16-,25-/m1/s1. The van der Waals surface area contributed by atoms with Gasteiger partial charge in [0.05, 0.1) is 18.9 Å². The summed E-state index contributed by atoms with van der Waals surface area (Å²) in [6, 6.07) is 2.58. The highest BCUT2D eigenvalue weighted by molar-refractivity contribution is 7.91. The predicted molar refractivity (Wildman–Crippen MR) is 94.7 cm³/mol. The molecule has 0 unspecified atom stereocenters. The molecule has 1 aromatic carbocycles. The minimum Gasteiger partial charge on any atom is -0.591 e. The topological polar surface area (TPSA) is 114 Å². The van der Waals surface area contributed by atoms with Gasteiger partial charge in [-0.3, -0.25) is 0 Å². The van der Waals surface area contributed by atoms with Crippen molar-refractivity contribution < 1.29 is 18.8 Å². The van der Waals surface area contributed by atoms with Crippen LogP contribution in [0.5, 0.6) is 5.75 Å². The fourth-order valence-corrected chi connectivity index (χ4v) is 3.09. The van der Waals surface area contributed by atoms with Crippen molar-refractivity contribution in [2.75, 3.05) is 13.2 Å². The first-order chi connectivity index (χ1) is 11.6. The second kappa shape index (κ2) is 7.21. The average molecular weight is 368 g/mol. The third-order valence-electron chi connectivity index (χ3n) is 3.81. The number of halogens is 1.